The van der Waals surface area contributed by atoms with Crippen molar-refractivity contribution < 1.29 is 9.53 Å². The molecule has 2 heterocycles. The Hall–Kier alpha value is -4.57. The van der Waals surface area contributed by atoms with E-state index in [1.165, 1.54) is 0 Å². The fourth-order valence-corrected chi connectivity index (χ4v) is 4.66. The molecule has 0 saturated carbocycles. The first-order valence-electron chi connectivity index (χ1n) is 12.0. The lowest BCUT2D eigenvalue weighted by atomic mass is 10.00. The van der Waals surface area contributed by atoms with E-state index < -0.39 is 0 Å². The third-order valence-electron chi connectivity index (χ3n) is 6.58. The van der Waals surface area contributed by atoms with Crippen molar-refractivity contribution in [3.63, 3.8) is 0 Å². The lowest BCUT2D eigenvalue weighted by Crippen LogP contribution is -2.54. The summed E-state index contributed by atoms with van der Waals surface area (Å²) in [6.07, 6.45) is 3.86. The van der Waals surface area contributed by atoms with Crippen molar-refractivity contribution in [3.05, 3.63) is 101 Å². The Labute approximate surface area is 210 Å². The minimum atomic E-state index is -0.215. The molecule has 1 atom stereocenters. The van der Waals surface area contributed by atoms with Gasteiger partial charge in [0.25, 0.3) is 5.91 Å². The number of fused-ring (bicyclic) bond motifs is 1. The highest BCUT2D eigenvalue weighted by atomic mass is 16.5. The molecule has 0 spiro atoms. The van der Waals surface area contributed by atoms with E-state index in [1.54, 1.807) is 0 Å². The molecule has 2 aliphatic heterocycles. The van der Waals surface area contributed by atoms with Crippen LogP contribution in [-0.4, -0.2) is 47.9 Å². The van der Waals surface area contributed by atoms with Crippen LogP contribution < -0.4 is 10.1 Å². The van der Waals surface area contributed by atoms with Gasteiger partial charge in [-0.2, -0.15) is 5.26 Å². The fourth-order valence-electron chi connectivity index (χ4n) is 4.66. The van der Waals surface area contributed by atoms with Gasteiger partial charge in [0.2, 0.25) is 12.2 Å². The standard InChI is InChI=1S/C29H27N5O2/c1-21-9-5-7-13-25(21)32-29(31-20-30)33-15-16-34(26(18-33)22-10-3-2-4-11-22)28(35)24-17-23-12-6-8-14-27(23)36-19-24/h2-14,17,26H,15-16,18-19H2,1H3,(H,31,32). The van der Waals surface area contributed by atoms with Crippen molar-refractivity contribution in [1.82, 2.24) is 9.80 Å². The van der Waals surface area contributed by atoms with E-state index in [2.05, 4.69) is 10.3 Å². The highest BCUT2D eigenvalue weighted by Crippen LogP contribution is 2.31. The van der Waals surface area contributed by atoms with Gasteiger partial charge in [0.05, 0.1) is 11.6 Å². The number of aryl methyl sites for hydroxylation is 1. The highest BCUT2D eigenvalue weighted by molar-refractivity contribution is 6.00. The molecular formula is C29H27N5O2. The zero-order valence-corrected chi connectivity index (χ0v) is 20.1. The normalized spacial score (nSPS) is 17.4. The van der Waals surface area contributed by atoms with Crippen LogP contribution in [0.1, 0.15) is 22.7 Å². The van der Waals surface area contributed by atoms with Crippen molar-refractivity contribution in [2.24, 2.45) is 4.99 Å². The average molecular weight is 478 g/mol. The van der Waals surface area contributed by atoms with Gasteiger partial charge >= 0.3 is 0 Å². The molecular weight excluding hydrogens is 450 g/mol. The number of amides is 1. The van der Waals surface area contributed by atoms with E-state index in [4.69, 9.17) is 4.74 Å². The van der Waals surface area contributed by atoms with Gasteiger partial charge in [-0.1, -0.05) is 66.7 Å². The molecule has 180 valence electrons. The Balaban J connectivity index is 1.43. The number of benzene rings is 3. The van der Waals surface area contributed by atoms with Gasteiger partial charge in [-0.15, -0.1) is 4.99 Å². The summed E-state index contributed by atoms with van der Waals surface area (Å²) in [5, 5.41) is 12.7. The van der Waals surface area contributed by atoms with Crippen LogP contribution in [0.3, 0.4) is 0 Å². The molecule has 1 amide bonds. The molecule has 2 aliphatic rings. The number of carbonyl (C=O) groups is 1. The number of carbonyl (C=O) groups excluding carboxylic acids is 1. The maximum absolute atomic E-state index is 13.7. The van der Waals surface area contributed by atoms with E-state index in [0.717, 1.165) is 28.1 Å². The van der Waals surface area contributed by atoms with E-state index in [1.807, 2.05) is 108 Å². The number of para-hydroxylation sites is 2. The van der Waals surface area contributed by atoms with Gasteiger partial charge < -0.3 is 19.9 Å². The van der Waals surface area contributed by atoms with E-state index in [9.17, 15) is 10.1 Å². The van der Waals surface area contributed by atoms with Crippen molar-refractivity contribution in [3.8, 4) is 11.9 Å². The third kappa shape index (κ3) is 4.80. The molecule has 0 radical (unpaired) electrons. The summed E-state index contributed by atoms with van der Waals surface area (Å²) in [6.45, 7) is 3.78. The minimum absolute atomic E-state index is 0.0383. The Morgan fingerprint density at radius 3 is 2.58 bits per heavy atom. The number of aliphatic imine (C=N–C) groups is 1. The van der Waals surface area contributed by atoms with E-state index in [0.29, 0.717) is 31.2 Å². The number of guanidine groups is 1. The molecule has 0 aliphatic carbocycles. The number of rotatable bonds is 3. The van der Waals surface area contributed by atoms with Crippen LogP contribution >= 0.6 is 0 Å². The van der Waals surface area contributed by atoms with Crippen LogP contribution in [0.4, 0.5) is 5.69 Å². The summed E-state index contributed by atoms with van der Waals surface area (Å²) in [6, 6.07) is 25.4. The second kappa shape index (κ2) is 10.4. The second-order valence-electron chi connectivity index (χ2n) is 8.84. The Bertz CT molecular complexity index is 1360. The number of anilines is 1. The van der Waals surface area contributed by atoms with Crippen LogP contribution in [0.5, 0.6) is 5.75 Å². The molecule has 36 heavy (non-hydrogen) atoms. The van der Waals surface area contributed by atoms with Crippen molar-refractivity contribution >= 4 is 23.6 Å². The van der Waals surface area contributed by atoms with Gasteiger partial charge in [0.15, 0.2) is 0 Å². The summed E-state index contributed by atoms with van der Waals surface area (Å²) < 4.78 is 5.87. The molecule has 1 saturated heterocycles. The second-order valence-corrected chi connectivity index (χ2v) is 8.84. The lowest BCUT2D eigenvalue weighted by Gasteiger charge is -2.43. The molecule has 7 heteroatoms. The minimum Gasteiger partial charge on any atom is -0.488 e. The fraction of sp³-hybridized carbons (Fsp3) is 0.207. The number of nitriles is 1. The molecule has 1 fully saturated rings. The van der Waals surface area contributed by atoms with Gasteiger partial charge in [-0.25, -0.2) is 0 Å². The number of piperazine rings is 1. The monoisotopic (exact) mass is 477 g/mol. The Morgan fingerprint density at radius 1 is 1.03 bits per heavy atom. The molecule has 1 unspecified atom stereocenters. The summed E-state index contributed by atoms with van der Waals surface area (Å²) in [5.41, 5.74) is 4.52. The number of ether oxygens (including phenoxy) is 1. The maximum Gasteiger partial charge on any atom is 0.253 e. The first-order chi connectivity index (χ1) is 17.6. The number of nitrogens with one attached hydrogen (secondary N) is 1. The smallest absolute Gasteiger partial charge is 0.253 e. The third-order valence-corrected chi connectivity index (χ3v) is 6.58. The number of nitrogens with zero attached hydrogens (tertiary/aromatic N) is 4. The Kier molecular flexibility index (Phi) is 6.67. The summed E-state index contributed by atoms with van der Waals surface area (Å²) in [5.74, 6) is 1.23. The van der Waals surface area contributed by atoms with Crippen LogP contribution in [-0.2, 0) is 4.79 Å². The van der Waals surface area contributed by atoms with E-state index in [-0.39, 0.29) is 18.6 Å². The van der Waals surface area contributed by atoms with Crippen molar-refractivity contribution in [2.75, 3.05) is 31.6 Å². The molecule has 3 aromatic rings. The molecule has 7 nitrogen and oxygen atoms in total. The number of hydrogen-bond donors (Lipinski definition) is 1. The quantitative estimate of drug-likeness (QED) is 0.339. The zero-order chi connectivity index (χ0) is 24.9. The SMILES string of the molecule is Cc1ccccc1N/C(=N\C#N)N1CCN(C(=O)C2=Cc3ccccc3OC2)C(c2ccccc2)C1. The van der Waals surface area contributed by atoms with Gasteiger partial charge in [0, 0.05) is 30.9 Å². The first kappa shape index (κ1) is 23.2. The predicted molar refractivity (Wildman–Crippen MR) is 140 cm³/mol. The highest BCUT2D eigenvalue weighted by Gasteiger charge is 2.35. The maximum atomic E-state index is 13.7. The average Bonchev–Trinajstić information content (AvgIpc) is 2.93. The lowest BCUT2D eigenvalue weighted by molar-refractivity contribution is -0.131. The van der Waals surface area contributed by atoms with Crippen molar-refractivity contribution in [2.45, 2.75) is 13.0 Å². The van der Waals surface area contributed by atoms with Crippen molar-refractivity contribution in [1.29, 1.82) is 5.26 Å². The molecule has 0 aromatic heterocycles. The first-order valence-corrected chi connectivity index (χ1v) is 12.0. The van der Waals surface area contributed by atoms with Gasteiger partial charge in [0.1, 0.15) is 12.4 Å². The Morgan fingerprint density at radius 2 is 1.78 bits per heavy atom. The van der Waals surface area contributed by atoms with Gasteiger partial charge in [-0.3, -0.25) is 4.79 Å². The van der Waals surface area contributed by atoms with E-state index >= 15 is 0 Å². The molecule has 0 bridgehead atoms. The molecule has 1 N–H and O–H groups in total. The molecule has 3 aromatic carbocycles. The largest absolute Gasteiger partial charge is 0.488 e. The summed E-state index contributed by atoms with van der Waals surface area (Å²) in [7, 11) is 0. The summed E-state index contributed by atoms with van der Waals surface area (Å²) >= 11 is 0. The predicted octanol–water partition coefficient (Wildman–Crippen LogP) is 4.61. The number of hydrogen-bond acceptors (Lipinski definition) is 4. The van der Waals surface area contributed by atoms with Crippen LogP contribution in [0.2, 0.25) is 0 Å². The summed E-state index contributed by atoms with van der Waals surface area (Å²) in [4.78, 5) is 21.8. The van der Waals surface area contributed by atoms with Crippen LogP contribution in [0, 0.1) is 18.4 Å². The topological polar surface area (TPSA) is 81.0 Å². The zero-order valence-electron chi connectivity index (χ0n) is 20.1. The van der Waals surface area contributed by atoms with Gasteiger partial charge in [-0.05, 0) is 36.3 Å². The van der Waals surface area contributed by atoms with Crippen LogP contribution in [0.15, 0.2) is 89.4 Å². The molecule has 5 rings (SSSR count). The van der Waals surface area contributed by atoms with Crippen LogP contribution in [0.25, 0.3) is 6.08 Å².